The summed E-state index contributed by atoms with van der Waals surface area (Å²) in [6, 6.07) is 0.644. The van der Waals surface area contributed by atoms with E-state index in [1.54, 1.807) is 0 Å². The quantitative estimate of drug-likeness (QED) is 0.874. The fraction of sp³-hybridized carbons (Fsp3) is 0.812. The van der Waals surface area contributed by atoms with Crippen LogP contribution in [0.3, 0.4) is 0 Å². The Morgan fingerprint density at radius 1 is 1.32 bits per heavy atom. The standard InChI is InChI=1S/C16H28N2O/c1-11(2)8-14-6-5-7-15(9-14)17-10-16-18-12(3)13(4)19-16/h11,14-15,17H,5-10H2,1-4H3. The van der Waals surface area contributed by atoms with Crippen molar-refractivity contribution in [1.29, 1.82) is 0 Å². The number of hydrogen-bond acceptors (Lipinski definition) is 3. The van der Waals surface area contributed by atoms with Gasteiger partial charge >= 0.3 is 0 Å². The number of aryl methyl sites for hydroxylation is 2. The molecule has 2 atom stereocenters. The maximum Gasteiger partial charge on any atom is 0.208 e. The highest BCUT2D eigenvalue weighted by Gasteiger charge is 2.22. The van der Waals surface area contributed by atoms with Gasteiger partial charge in [0.15, 0.2) is 0 Å². The first-order valence-corrected chi connectivity index (χ1v) is 7.71. The molecule has 0 bridgehead atoms. The molecule has 1 aliphatic rings. The van der Waals surface area contributed by atoms with E-state index in [9.17, 15) is 0 Å². The highest BCUT2D eigenvalue weighted by molar-refractivity contribution is 5.05. The Morgan fingerprint density at radius 2 is 2.11 bits per heavy atom. The average molecular weight is 264 g/mol. The maximum absolute atomic E-state index is 5.62. The molecule has 3 heteroatoms. The predicted molar refractivity (Wildman–Crippen MR) is 78.0 cm³/mol. The van der Waals surface area contributed by atoms with E-state index in [2.05, 4.69) is 24.1 Å². The summed E-state index contributed by atoms with van der Waals surface area (Å²) in [5.41, 5.74) is 1.01. The SMILES string of the molecule is Cc1nc(CNC2CCCC(CC(C)C)C2)oc1C. The number of aromatic nitrogens is 1. The first kappa shape index (κ1) is 14.6. The van der Waals surface area contributed by atoms with Gasteiger partial charge in [-0.25, -0.2) is 4.98 Å². The number of hydrogen-bond donors (Lipinski definition) is 1. The van der Waals surface area contributed by atoms with Gasteiger partial charge in [0, 0.05) is 6.04 Å². The molecule has 1 aromatic rings. The first-order valence-electron chi connectivity index (χ1n) is 7.71. The zero-order valence-corrected chi connectivity index (χ0v) is 12.8. The summed E-state index contributed by atoms with van der Waals surface area (Å²) in [4.78, 5) is 4.43. The Kier molecular flexibility index (Phi) is 5.03. The average Bonchev–Trinajstić information content (AvgIpc) is 2.66. The molecule has 2 unspecified atom stereocenters. The van der Waals surface area contributed by atoms with Crippen molar-refractivity contribution in [2.24, 2.45) is 11.8 Å². The van der Waals surface area contributed by atoms with Crippen LogP contribution < -0.4 is 5.32 Å². The summed E-state index contributed by atoms with van der Waals surface area (Å²) in [7, 11) is 0. The topological polar surface area (TPSA) is 38.1 Å². The summed E-state index contributed by atoms with van der Waals surface area (Å²) in [5.74, 6) is 3.50. The molecular formula is C16H28N2O. The van der Waals surface area contributed by atoms with Gasteiger partial charge in [0.1, 0.15) is 5.76 Å². The molecule has 0 aromatic carbocycles. The first-order chi connectivity index (χ1) is 9.04. The Morgan fingerprint density at radius 3 is 2.74 bits per heavy atom. The van der Waals surface area contributed by atoms with Gasteiger partial charge in [0.2, 0.25) is 5.89 Å². The predicted octanol–water partition coefficient (Wildman–Crippen LogP) is 3.99. The number of nitrogens with one attached hydrogen (secondary N) is 1. The molecule has 1 heterocycles. The van der Waals surface area contributed by atoms with Crippen LogP contribution in [-0.2, 0) is 6.54 Å². The Labute approximate surface area is 117 Å². The van der Waals surface area contributed by atoms with Crippen molar-refractivity contribution < 1.29 is 4.42 Å². The van der Waals surface area contributed by atoms with E-state index in [0.29, 0.717) is 6.04 Å². The van der Waals surface area contributed by atoms with Gasteiger partial charge in [-0.15, -0.1) is 0 Å². The van der Waals surface area contributed by atoms with E-state index in [4.69, 9.17) is 4.42 Å². The minimum absolute atomic E-state index is 0.644. The fourth-order valence-electron chi connectivity index (χ4n) is 3.20. The molecule has 2 rings (SSSR count). The lowest BCUT2D eigenvalue weighted by Gasteiger charge is -2.30. The highest BCUT2D eigenvalue weighted by Crippen LogP contribution is 2.29. The van der Waals surface area contributed by atoms with E-state index < -0.39 is 0 Å². The molecule has 0 amide bonds. The van der Waals surface area contributed by atoms with E-state index in [-0.39, 0.29) is 0 Å². The summed E-state index contributed by atoms with van der Waals surface area (Å²) >= 11 is 0. The van der Waals surface area contributed by atoms with E-state index in [1.807, 2.05) is 13.8 Å². The third-order valence-corrected chi connectivity index (χ3v) is 4.20. The van der Waals surface area contributed by atoms with Crippen LogP contribution in [0.15, 0.2) is 4.42 Å². The van der Waals surface area contributed by atoms with Gasteiger partial charge in [-0.05, 0) is 44.9 Å². The number of nitrogens with zero attached hydrogens (tertiary/aromatic N) is 1. The van der Waals surface area contributed by atoms with E-state index in [1.165, 1.54) is 32.1 Å². The largest absolute Gasteiger partial charge is 0.444 e. The molecule has 0 radical (unpaired) electrons. The Bertz CT molecular complexity index is 378. The molecule has 3 nitrogen and oxygen atoms in total. The van der Waals surface area contributed by atoms with Crippen LogP contribution in [0, 0.1) is 25.7 Å². The van der Waals surface area contributed by atoms with Gasteiger partial charge in [-0.1, -0.05) is 26.7 Å². The molecule has 1 aromatic heterocycles. The van der Waals surface area contributed by atoms with Gasteiger partial charge < -0.3 is 9.73 Å². The zero-order chi connectivity index (χ0) is 13.8. The Balaban J connectivity index is 1.79. The molecule has 1 aliphatic carbocycles. The van der Waals surface area contributed by atoms with Crippen LogP contribution in [0.1, 0.15) is 63.3 Å². The lowest BCUT2D eigenvalue weighted by Crippen LogP contribution is -2.34. The van der Waals surface area contributed by atoms with Crippen LogP contribution in [0.5, 0.6) is 0 Å². The minimum atomic E-state index is 0.644. The van der Waals surface area contributed by atoms with Crippen LogP contribution in [0.4, 0.5) is 0 Å². The van der Waals surface area contributed by atoms with Crippen molar-refractivity contribution in [2.75, 3.05) is 0 Å². The summed E-state index contributed by atoms with van der Waals surface area (Å²) in [6.07, 6.45) is 6.76. The second kappa shape index (κ2) is 6.56. The van der Waals surface area contributed by atoms with Crippen LogP contribution in [0.25, 0.3) is 0 Å². The molecule has 0 aliphatic heterocycles. The monoisotopic (exact) mass is 264 g/mol. The number of oxazole rings is 1. The molecule has 1 N–H and O–H groups in total. The van der Waals surface area contributed by atoms with Crippen molar-refractivity contribution in [1.82, 2.24) is 10.3 Å². The molecule has 1 saturated carbocycles. The van der Waals surface area contributed by atoms with Gasteiger partial charge in [-0.2, -0.15) is 0 Å². The van der Waals surface area contributed by atoms with E-state index >= 15 is 0 Å². The lowest BCUT2D eigenvalue weighted by molar-refractivity contribution is 0.247. The normalized spacial score (nSPS) is 24.1. The number of rotatable bonds is 5. The third kappa shape index (κ3) is 4.34. The van der Waals surface area contributed by atoms with Gasteiger partial charge in [0.25, 0.3) is 0 Å². The maximum atomic E-state index is 5.62. The molecule has 19 heavy (non-hydrogen) atoms. The van der Waals surface area contributed by atoms with Crippen LogP contribution in [0.2, 0.25) is 0 Å². The summed E-state index contributed by atoms with van der Waals surface area (Å²) in [5, 5.41) is 3.63. The van der Waals surface area contributed by atoms with Crippen molar-refractivity contribution in [3.63, 3.8) is 0 Å². The van der Waals surface area contributed by atoms with Crippen molar-refractivity contribution >= 4 is 0 Å². The fourth-order valence-corrected chi connectivity index (χ4v) is 3.20. The minimum Gasteiger partial charge on any atom is -0.444 e. The molecule has 1 fully saturated rings. The van der Waals surface area contributed by atoms with Gasteiger partial charge in [0.05, 0.1) is 12.2 Å². The zero-order valence-electron chi connectivity index (χ0n) is 12.8. The van der Waals surface area contributed by atoms with Crippen molar-refractivity contribution in [3.8, 4) is 0 Å². The summed E-state index contributed by atoms with van der Waals surface area (Å²) < 4.78 is 5.62. The van der Waals surface area contributed by atoms with Crippen LogP contribution >= 0.6 is 0 Å². The highest BCUT2D eigenvalue weighted by atomic mass is 16.4. The summed E-state index contributed by atoms with van der Waals surface area (Å²) in [6.45, 7) is 9.41. The van der Waals surface area contributed by atoms with Gasteiger partial charge in [-0.3, -0.25) is 0 Å². The smallest absolute Gasteiger partial charge is 0.208 e. The van der Waals surface area contributed by atoms with Crippen LogP contribution in [-0.4, -0.2) is 11.0 Å². The van der Waals surface area contributed by atoms with E-state index in [0.717, 1.165) is 35.7 Å². The second-order valence-electron chi connectivity index (χ2n) is 6.49. The molecular weight excluding hydrogens is 236 g/mol. The molecule has 108 valence electrons. The Hall–Kier alpha value is -0.830. The lowest BCUT2D eigenvalue weighted by atomic mass is 9.81. The van der Waals surface area contributed by atoms with Crippen molar-refractivity contribution in [2.45, 2.75) is 72.4 Å². The third-order valence-electron chi connectivity index (χ3n) is 4.20. The van der Waals surface area contributed by atoms with Crippen molar-refractivity contribution in [3.05, 3.63) is 17.3 Å². The molecule has 0 spiro atoms. The molecule has 0 saturated heterocycles. The second-order valence-corrected chi connectivity index (χ2v) is 6.49.